The van der Waals surface area contributed by atoms with Crippen LogP contribution in [0.5, 0.6) is 0 Å². The molecule has 1 aliphatic heterocycles. The van der Waals surface area contributed by atoms with Gasteiger partial charge in [0, 0.05) is 19.1 Å². The van der Waals surface area contributed by atoms with Crippen LogP contribution < -0.4 is 10.6 Å². The Morgan fingerprint density at radius 3 is 2.53 bits per heavy atom. The number of nitrogens with one attached hydrogen (secondary N) is 2. The lowest BCUT2D eigenvalue weighted by Crippen LogP contribution is -2.53. The summed E-state index contributed by atoms with van der Waals surface area (Å²) in [6.07, 6.45) is 5.62. The van der Waals surface area contributed by atoms with Gasteiger partial charge >= 0.3 is 0 Å². The molecule has 98 valence electrons. The maximum atomic E-state index is 11.8. The quantitative estimate of drug-likeness (QED) is 0.807. The van der Waals surface area contributed by atoms with Crippen molar-refractivity contribution in [1.29, 1.82) is 0 Å². The van der Waals surface area contributed by atoms with Gasteiger partial charge in [-0.15, -0.1) is 12.4 Å². The fraction of sp³-hybridized carbons (Fsp3) is 0.923. The van der Waals surface area contributed by atoms with E-state index < -0.39 is 0 Å². The standard InChI is InChI=1S/C13H22N2O.ClH/c1-8(15-13(16)11-6-14-7-11)12-5-9-2-3-10(12)4-9;/h8-12,14H,2-7H2,1H3,(H,15,16);1H. The summed E-state index contributed by atoms with van der Waals surface area (Å²) < 4.78 is 0. The molecule has 1 amide bonds. The van der Waals surface area contributed by atoms with Crippen molar-refractivity contribution in [3.8, 4) is 0 Å². The second kappa shape index (κ2) is 5.15. The molecule has 4 unspecified atom stereocenters. The van der Waals surface area contributed by atoms with Crippen LogP contribution in [-0.2, 0) is 4.79 Å². The number of halogens is 1. The number of hydrogen-bond acceptors (Lipinski definition) is 2. The zero-order valence-electron chi connectivity index (χ0n) is 10.4. The molecule has 1 saturated heterocycles. The third-order valence-corrected chi connectivity index (χ3v) is 4.96. The number of hydrogen-bond donors (Lipinski definition) is 2. The van der Waals surface area contributed by atoms with Crippen LogP contribution in [0.2, 0.25) is 0 Å². The van der Waals surface area contributed by atoms with Crippen molar-refractivity contribution in [3.05, 3.63) is 0 Å². The van der Waals surface area contributed by atoms with Crippen LogP contribution in [0.25, 0.3) is 0 Å². The number of fused-ring (bicyclic) bond motifs is 2. The van der Waals surface area contributed by atoms with Gasteiger partial charge in [0.05, 0.1) is 5.92 Å². The fourth-order valence-corrected chi connectivity index (χ4v) is 3.83. The first-order valence-corrected chi connectivity index (χ1v) is 6.75. The summed E-state index contributed by atoms with van der Waals surface area (Å²) in [6, 6.07) is 0.392. The summed E-state index contributed by atoms with van der Waals surface area (Å²) in [6.45, 7) is 3.94. The van der Waals surface area contributed by atoms with Gasteiger partial charge in [-0.05, 0) is 43.9 Å². The summed E-state index contributed by atoms with van der Waals surface area (Å²) in [7, 11) is 0. The average molecular weight is 259 g/mol. The van der Waals surface area contributed by atoms with Crippen LogP contribution in [0.3, 0.4) is 0 Å². The van der Waals surface area contributed by atoms with Crippen molar-refractivity contribution in [1.82, 2.24) is 10.6 Å². The van der Waals surface area contributed by atoms with Crippen molar-refractivity contribution in [2.75, 3.05) is 13.1 Å². The van der Waals surface area contributed by atoms with E-state index in [-0.39, 0.29) is 24.2 Å². The predicted molar refractivity (Wildman–Crippen MR) is 70.2 cm³/mol. The van der Waals surface area contributed by atoms with Gasteiger partial charge in [-0.2, -0.15) is 0 Å². The molecule has 4 heteroatoms. The number of amides is 1. The first-order valence-electron chi connectivity index (χ1n) is 6.75. The third-order valence-electron chi connectivity index (χ3n) is 4.96. The largest absolute Gasteiger partial charge is 0.353 e. The molecule has 3 aliphatic rings. The first-order chi connectivity index (χ1) is 7.74. The molecule has 0 spiro atoms. The molecule has 2 saturated carbocycles. The van der Waals surface area contributed by atoms with E-state index in [9.17, 15) is 4.79 Å². The van der Waals surface area contributed by atoms with E-state index in [1.807, 2.05) is 0 Å². The topological polar surface area (TPSA) is 41.1 Å². The minimum absolute atomic E-state index is 0. The van der Waals surface area contributed by atoms with Crippen molar-refractivity contribution in [2.24, 2.45) is 23.7 Å². The van der Waals surface area contributed by atoms with Crippen LogP contribution in [-0.4, -0.2) is 25.0 Å². The van der Waals surface area contributed by atoms with E-state index in [2.05, 4.69) is 17.6 Å². The average Bonchev–Trinajstić information content (AvgIpc) is 2.74. The Hall–Kier alpha value is -0.280. The van der Waals surface area contributed by atoms with E-state index in [1.54, 1.807) is 0 Å². The van der Waals surface area contributed by atoms with E-state index in [0.717, 1.165) is 30.8 Å². The van der Waals surface area contributed by atoms with Crippen LogP contribution >= 0.6 is 12.4 Å². The van der Waals surface area contributed by atoms with Gasteiger partial charge in [0.2, 0.25) is 5.91 Å². The zero-order chi connectivity index (χ0) is 11.1. The fourth-order valence-electron chi connectivity index (χ4n) is 3.83. The van der Waals surface area contributed by atoms with Crippen LogP contribution in [0.4, 0.5) is 0 Å². The lowest BCUT2D eigenvalue weighted by atomic mass is 9.83. The number of carbonyl (C=O) groups excluding carboxylic acids is 1. The molecule has 2 N–H and O–H groups in total. The van der Waals surface area contributed by atoms with E-state index in [0.29, 0.717) is 6.04 Å². The van der Waals surface area contributed by atoms with E-state index in [4.69, 9.17) is 0 Å². The normalized spacial score (nSPS) is 37.1. The molecule has 0 radical (unpaired) electrons. The molecule has 3 fully saturated rings. The Morgan fingerprint density at radius 2 is 2.06 bits per heavy atom. The number of carbonyl (C=O) groups is 1. The van der Waals surface area contributed by atoms with Gasteiger partial charge in [0.1, 0.15) is 0 Å². The number of rotatable bonds is 3. The van der Waals surface area contributed by atoms with Crippen LogP contribution in [0.1, 0.15) is 32.6 Å². The highest BCUT2D eigenvalue weighted by atomic mass is 35.5. The molecule has 2 bridgehead atoms. The Kier molecular flexibility index (Phi) is 3.99. The first kappa shape index (κ1) is 13.2. The van der Waals surface area contributed by atoms with Gasteiger partial charge in [0.15, 0.2) is 0 Å². The van der Waals surface area contributed by atoms with Gasteiger partial charge in [-0.25, -0.2) is 0 Å². The van der Waals surface area contributed by atoms with Crippen molar-refractivity contribution in [3.63, 3.8) is 0 Å². The highest BCUT2D eigenvalue weighted by molar-refractivity contribution is 5.85. The molecule has 4 atom stereocenters. The van der Waals surface area contributed by atoms with E-state index in [1.165, 1.54) is 25.7 Å². The lowest BCUT2D eigenvalue weighted by molar-refractivity contribution is -0.127. The third kappa shape index (κ3) is 2.45. The second-order valence-electron chi connectivity index (χ2n) is 5.99. The molecule has 0 aromatic carbocycles. The monoisotopic (exact) mass is 258 g/mol. The molecular formula is C13H23ClN2O. The summed E-state index contributed by atoms with van der Waals surface area (Å²) in [4.78, 5) is 11.8. The molecular weight excluding hydrogens is 236 g/mol. The molecule has 3 rings (SSSR count). The summed E-state index contributed by atoms with van der Waals surface area (Å²) in [5.74, 6) is 3.14. The van der Waals surface area contributed by atoms with Gasteiger partial charge in [-0.3, -0.25) is 4.79 Å². The molecule has 1 heterocycles. The predicted octanol–water partition coefficient (Wildman–Crippen LogP) is 1.57. The lowest BCUT2D eigenvalue weighted by Gasteiger charge is -2.32. The van der Waals surface area contributed by atoms with Gasteiger partial charge < -0.3 is 10.6 Å². The smallest absolute Gasteiger partial charge is 0.225 e. The van der Waals surface area contributed by atoms with Crippen LogP contribution in [0, 0.1) is 23.7 Å². The van der Waals surface area contributed by atoms with Crippen molar-refractivity contribution < 1.29 is 4.79 Å². The minimum atomic E-state index is 0. The van der Waals surface area contributed by atoms with Crippen LogP contribution in [0.15, 0.2) is 0 Å². The second-order valence-corrected chi connectivity index (χ2v) is 5.99. The Morgan fingerprint density at radius 1 is 1.29 bits per heavy atom. The molecule has 3 nitrogen and oxygen atoms in total. The van der Waals surface area contributed by atoms with Crippen molar-refractivity contribution in [2.45, 2.75) is 38.6 Å². The van der Waals surface area contributed by atoms with Crippen molar-refractivity contribution >= 4 is 18.3 Å². The molecule has 17 heavy (non-hydrogen) atoms. The summed E-state index contributed by atoms with van der Waals surface area (Å²) in [5, 5.41) is 6.38. The minimum Gasteiger partial charge on any atom is -0.353 e. The summed E-state index contributed by atoms with van der Waals surface area (Å²) >= 11 is 0. The zero-order valence-corrected chi connectivity index (χ0v) is 11.3. The Labute approximate surface area is 110 Å². The summed E-state index contributed by atoms with van der Waals surface area (Å²) in [5.41, 5.74) is 0. The van der Waals surface area contributed by atoms with Gasteiger partial charge in [0.25, 0.3) is 0 Å². The SMILES string of the molecule is CC(NC(=O)C1CNC1)C1CC2CCC1C2.Cl. The maximum absolute atomic E-state index is 11.8. The molecule has 0 aromatic rings. The Bertz CT molecular complexity index is 293. The van der Waals surface area contributed by atoms with Gasteiger partial charge in [-0.1, -0.05) is 6.42 Å². The highest BCUT2D eigenvalue weighted by Gasteiger charge is 2.42. The molecule has 0 aromatic heterocycles. The Balaban J connectivity index is 0.00000108. The van der Waals surface area contributed by atoms with E-state index >= 15 is 0 Å². The molecule has 2 aliphatic carbocycles. The maximum Gasteiger partial charge on any atom is 0.225 e. The highest BCUT2D eigenvalue weighted by Crippen LogP contribution is 2.49.